The first-order valence-electron chi connectivity index (χ1n) is 19.0. The lowest BCUT2D eigenvalue weighted by Crippen LogP contribution is -2.88. The molecule has 0 unspecified atom stereocenters. The van der Waals surface area contributed by atoms with Crippen LogP contribution in [0.25, 0.3) is 0 Å². The number of hydrogen-bond donors (Lipinski definition) is 0. The number of hydrogen-bond acceptors (Lipinski definition) is 12. The van der Waals surface area contributed by atoms with Gasteiger partial charge in [-0.05, 0) is 47.1 Å². The van der Waals surface area contributed by atoms with E-state index in [1.54, 1.807) is 5.70 Å². The highest BCUT2D eigenvalue weighted by atomic mass is 28.6. The van der Waals surface area contributed by atoms with Gasteiger partial charge >= 0.3 is 70.4 Å². The van der Waals surface area contributed by atoms with Crippen molar-refractivity contribution in [2.45, 2.75) is 139 Å². The molecule has 20 heteroatoms. The van der Waals surface area contributed by atoms with Crippen molar-refractivity contribution in [3.05, 3.63) is 12.3 Å². The molecule has 0 aromatic heterocycles. The van der Waals surface area contributed by atoms with E-state index in [0.717, 1.165) is 0 Å². The lowest BCUT2D eigenvalue weighted by molar-refractivity contribution is -0.0312. The second-order valence-corrected chi connectivity index (χ2v) is 41.8. The Morgan fingerprint density at radius 2 is 0.440 bits per heavy atom. The lowest BCUT2D eigenvalue weighted by atomic mass is 10.3. The molecule has 6 aliphatic rings. The Bertz CT molecular complexity index is 1070. The summed E-state index contributed by atoms with van der Waals surface area (Å²) in [7, 11) is -31.1. The van der Waals surface area contributed by atoms with Crippen molar-refractivity contribution in [3.8, 4) is 0 Å². The van der Waals surface area contributed by atoms with Crippen LogP contribution in [-0.4, -0.2) is 70.4 Å². The summed E-state index contributed by atoms with van der Waals surface area (Å²) in [5.41, 5.74) is 1.69. The Hall–Kier alpha value is 0.995. The maximum atomic E-state index is 7.67. The van der Waals surface area contributed by atoms with Crippen LogP contribution >= 0.6 is 0 Å². The number of rotatable bonds is 15. The smallest absolute Gasteiger partial charge is 0.373 e. The Labute approximate surface area is 311 Å². The van der Waals surface area contributed by atoms with E-state index in [4.69, 9.17) is 49.4 Å². The van der Waals surface area contributed by atoms with Crippen LogP contribution in [0.15, 0.2) is 12.3 Å². The molecule has 0 aromatic carbocycles. The summed E-state index contributed by atoms with van der Waals surface area (Å²) < 4.78 is 91.1. The molecule has 0 atom stereocenters. The highest BCUT2D eigenvalue weighted by Crippen LogP contribution is 2.55. The average molecular weight is 844 g/mol. The van der Waals surface area contributed by atoms with Crippen molar-refractivity contribution < 1.29 is 49.4 Å². The molecule has 0 saturated carbocycles. The van der Waals surface area contributed by atoms with Crippen molar-refractivity contribution in [2.75, 3.05) is 0 Å². The third kappa shape index (κ3) is 9.16. The quantitative estimate of drug-likeness (QED) is 0.149. The van der Waals surface area contributed by atoms with E-state index in [1.807, 2.05) is 0 Å². The predicted octanol–water partition coefficient (Wildman–Crippen LogP) is 8.08. The van der Waals surface area contributed by atoms with Gasteiger partial charge in [-0.3, -0.25) is 0 Å². The maximum Gasteiger partial charge on any atom is 0.506 e. The molecule has 0 N–H and O–H groups in total. The molecule has 0 spiro atoms. The van der Waals surface area contributed by atoms with Crippen LogP contribution in [0.4, 0.5) is 0 Å². The van der Waals surface area contributed by atoms with E-state index >= 15 is 0 Å². The summed E-state index contributed by atoms with van der Waals surface area (Å²) in [4.78, 5) is 0. The summed E-state index contributed by atoms with van der Waals surface area (Å²) >= 11 is 0. The van der Waals surface area contributed by atoms with Gasteiger partial charge in [-0.15, -0.1) is 6.58 Å². The minimum atomic E-state index is -4.00. The second kappa shape index (κ2) is 14.8. The molecule has 290 valence electrons. The SMILES string of the molecule is C=C[Si]12O[Si]3(CC(C)C)O[Si]4(CC(C)C)O[Si](CC(C)C)(O1)O[Si]1(CC(C)C)O[Si](CC(C)C)(O2)O[Si](CC(C)C)(O3)O[Si](CC(C)C)(O4)O1. The fourth-order valence-electron chi connectivity index (χ4n) is 7.78. The zero-order valence-electron chi connectivity index (χ0n) is 33.2. The zero-order chi connectivity index (χ0) is 37.2. The standard InChI is InChI=1S/C30H66O12Si8/c1-16-43-31-44(17-24(2)3)34-47(20-27(8)9)36-45(32-43,18-25(4)5)38-49(22-29(12)13)39-46(33-43,19-26(6)7)37-48(35-44,21-28(10)11)41-50(40-47,42-49)23-30(14)15/h16,24-30H,1,17-23H2,2-15H3. The van der Waals surface area contributed by atoms with Gasteiger partial charge in [0.25, 0.3) is 0 Å². The Kier molecular flexibility index (Phi) is 12.5. The molecule has 50 heavy (non-hydrogen) atoms. The minimum Gasteiger partial charge on any atom is -0.373 e. The molecule has 8 bridgehead atoms. The third-order valence-electron chi connectivity index (χ3n) is 8.55. The molecule has 6 rings (SSSR count). The van der Waals surface area contributed by atoms with Crippen LogP contribution in [0.5, 0.6) is 0 Å². The Balaban J connectivity index is 1.95. The van der Waals surface area contributed by atoms with Gasteiger partial charge in [0.2, 0.25) is 0 Å². The van der Waals surface area contributed by atoms with E-state index in [1.165, 1.54) is 0 Å². The monoisotopic (exact) mass is 842 g/mol. The summed E-state index contributed by atoms with van der Waals surface area (Å²) in [6.45, 7) is 34.4. The van der Waals surface area contributed by atoms with Gasteiger partial charge in [-0.1, -0.05) is 96.9 Å². The van der Waals surface area contributed by atoms with Gasteiger partial charge in [0.15, 0.2) is 0 Å². The first kappa shape index (κ1) is 42.1. The van der Waals surface area contributed by atoms with Gasteiger partial charge in [0, 0.05) is 42.3 Å². The van der Waals surface area contributed by atoms with E-state index in [9.17, 15) is 0 Å². The fourth-order valence-corrected chi connectivity index (χ4v) is 58.0. The van der Waals surface area contributed by atoms with Gasteiger partial charge in [-0.2, -0.15) is 0 Å². The molecule has 0 amide bonds. The molecule has 0 aliphatic carbocycles. The topological polar surface area (TPSA) is 111 Å². The summed E-state index contributed by atoms with van der Waals surface area (Å²) in [5, 5.41) is 0. The second-order valence-electron chi connectivity index (χ2n) is 18.0. The van der Waals surface area contributed by atoms with Crippen molar-refractivity contribution in [1.82, 2.24) is 0 Å². The first-order valence-corrected chi connectivity index (χ1v) is 34.3. The highest BCUT2D eigenvalue weighted by Gasteiger charge is 2.83. The first-order chi connectivity index (χ1) is 23.0. The van der Waals surface area contributed by atoms with Gasteiger partial charge in [0.05, 0.1) is 0 Å². The normalized spacial score (nSPS) is 43.0. The Morgan fingerprint density at radius 1 is 0.300 bits per heavy atom. The summed E-state index contributed by atoms with van der Waals surface area (Å²) in [6, 6.07) is 3.35. The van der Waals surface area contributed by atoms with E-state index < -0.39 is 70.4 Å². The molecule has 12 nitrogen and oxygen atoms in total. The van der Waals surface area contributed by atoms with Crippen LogP contribution in [-0.2, 0) is 49.4 Å². The Morgan fingerprint density at radius 3 is 0.560 bits per heavy atom. The zero-order valence-corrected chi connectivity index (χ0v) is 41.2. The highest BCUT2D eigenvalue weighted by molar-refractivity contribution is 7.04. The molecular formula is C30H66O12Si8. The molecule has 6 heterocycles. The van der Waals surface area contributed by atoms with E-state index in [0.29, 0.717) is 42.3 Å². The fraction of sp³-hybridized carbons (Fsp3) is 0.933. The molecule has 0 aromatic rings. The third-order valence-corrected chi connectivity index (χ3v) is 47.8. The van der Waals surface area contributed by atoms with Gasteiger partial charge < -0.3 is 49.4 Å². The summed E-state index contributed by atoms with van der Waals surface area (Å²) in [6.07, 6.45) is 0. The maximum absolute atomic E-state index is 7.67. The van der Waals surface area contributed by atoms with Crippen molar-refractivity contribution in [2.24, 2.45) is 41.4 Å². The van der Waals surface area contributed by atoms with Crippen molar-refractivity contribution >= 4 is 70.4 Å². The van der Waals surface area contributed by atoms with Crippen LogP contribution < -0.4 is 0 Å². The van der Waals surface area contributed by atoms with Crippen LogP contribution in [0, 0.1) is 41.4 Å². The van der Waals surface area contributed by atoms with Crippen LogP contribution in [0.1, 0.15) is 96.9 Å². The van der Waals surface area contributed by atoms with Crippen molar-refractivity contribution in [1.29, 1.82) is 0 Å². The molecule has 6 saturated heterocycles. The molecule has 6 fully saturated rings. The predicted molar refractivity (Wildman–Crippen MR) is 207 cm³/mol. The van der Waals surface area contributed by atoms with Gasteiger partial charge in [-0.25, -0.2) is 0 Å². The lowest BCUT2D eigenvalue weighted by Gasteiger charge is -2.63. The minimum absolute atomic E-state index is 0.122. The average Bonchev–Trinajstić information content (AvgIpc) is 2.80. The van der Waals surface area contributed by atoms with E-state index in [2.05, 4.69) is 104 Å². The van der Waals surface area contributed by atoms with Crippen molar-refractivity contribution in [3.63, 3.8) is 0 Å². The molecule has 6 aliphatic heterocycles. The van der Waals surface area contributed by atoms with Crippen LogP contribution in [0.3, 0.4) is 0 Å². The summed E-state index contributed by atoms with van der Waals surface area (Å²) in [5.74, 6) is 0.907. The molecule has 0 radical (unpaired) electrons. The largest absolute Gasteiger partial charge is 0.506 e. The van der Waals surface area contributed by atoms with Crippen LogP contribution in [0.2, 0.25) is 42.3 Å². The molecular weight excluding hydrogens is 777 g/mol. The van der Waals surface area contributed by atoms with E-state index in [-0.39, 0.29) is 41.4 Å². The van der Waals surface area contributed by atoms with Gasteiger partial charge in [0.1, 0.15) is 0 Å².